The van der Waals surface area contributed by atoms with Gasteiger partial charge in [0.2, 0.25) is 6.79 Å². The minimum Gasteiger partial charge on any atom is -0.483 e. The molecule has 0 saturated heterocycles. The van der Waals surface area contributed by atoms with E-state index < -0.39 is 9.84 Å². The Labute approximate surface area is 190 Å². The molecule has 0 saturated carbocycles. The zero-order chi connectivity index (χ0) is 23.6. The van der Waals surface area contributed by atoms with Crippen molar-refractivity contribution in [2.24, 2.45) is 0 Å². The third-order valence-corrected chi connectivity index (χ3v) is 6.31. The molecule has 0 unspecified atom stereocenters. The van der Waals surface area contributed by atoms with Gasteiger partial charge >= 0.3 is 0 Å². The molecule has 8 nitrogen and oxygen atoms in total. The number of ether oxygens (including phenoxy) is 2. The number of nitrogens with two attached hydrogens (primary N) is 1. The van der Waals surface area contributed by atoms with E-state index in [1.165, 1.54) is 6.26 Å². The number of nitrogens with zero attached hydrogens (tertiary/aromatic N) is 1. The molecule has 0 amide bonds. The molecule has 0 fully saturated rings. The number of nitrogen functional groups attached to an aromatic ring is 1. The molecule has 4 aromatic rings. The molecule has 0 radical (unpaired) electrons. The first-order valence-corrected chi connectivity index (χ1v) is 11.7. The lowest BCUT2D eigenvalue weighted by Crippen LogP contribution is -1.98. The Morgan fingerprint density at radius 3 is 2.39 bits per heavy atom. The van der Waals surface area contributed by atoms with Crippen molar-refractivity contribution in [3.63, 3.8) is 0 Å². The average molecular weight is 464 g/mol. The molecule has 1 aliphatic heterocycles. The number of rotatable bonds is 3. The Morgan fingerprint density at radius 2 is 1.64 bits per heavy atom. The summed E-state index contributed by atoms with van der Waals surface area (Å²) in [4.78, 5) is 13.0. The molecule has 168 valence electrons. The van der Waals surface area contributed by atoms with Gasteiger partial charge in [0.25, 0.3) is 6.47 Å². The minimum absolute atomic E-state index is 0.225. The highest BCUT2D eigenvalue weighted by molar-refractivity contribution is 7.90. The van der Waals surface area contributed by atoms with Gasteiger partial charge in [0.1, 0.15) is 5.82 Å². The molecule has 2 heterocycles. The van der Waals surface area contributed by atoms with Crippen molar-refractivity contribution in [1.82, 2.24) is 4.98 Å². The summed E-state index contributed by atoms with van der Waals surface area (Å²) in [5.41, 5.74) is 9.72. The Bertz CT molecular complexity index is 1470. The van der Waals surface area contributed by atoms with Gasteiger partial charge in [0, 0.05) is 23.4 Å². The summed E-state index contributed by atoms with van der Waals surface area (Å²) < 4.78 is 34.8. The Balaban J connectivity index is 0.000000821. The van der Waals surface area contributed by atoms with E-state index in [1.54, 1.807) is 24.4 Å². The van der Waals surface area contributed by atoms with Crippen molar-refractivity contribution < 1.29 is 27.8 Å². The molecule has 0 aliphatic carbocycles. The summed E-state index contributed by atoms with van der Waals surface area (Å²) in [5, 5.41) is 8.59. The van der Waals surface area contributed by atoms with Crippen LogP contribution < -0.4 is 15.2 Å². The van der Waals surface area contributed by atoms with Crippen LogP contribution in [-0.2, 0) is 14.6 Å². The highest BCUT2D eigenvalue weighted by atomic mass is 32.2. The second-order valence-corrected chi connectivity index (χ2v) is 9.31. The first kappa shape index (κ1) is 22.1. The molecule has 9 heteroatoms. The van der Waals surface area contributed by atoms with Crippen LogP contribution in [0.2, 0.25) is 0 Å². The first-order chi connectivity index (χ1) is 15.8. The Kier molecular flexibility index (Phi) is 5.89. The zero-order valence-electron chi connectivity index (χ0n) is 17.6. The third kappa shape index (κ3) is 4.44. The van der Waals surface area contributed by atoms with Crippen molar-refractivity contribution in [2.75, 3.05) is 18.8 Å². The van der Waals surface area contributed by atoms with Crippen LogP contribution in [0.25, 0.3) is 33.0 Å². The molecule has 3 aromatic carbocycles. The molecule has 33 heavy (non-hydrogen) atoms. The van der Waals surface area contributed by atoms with Gasteiger partial charge in [-0.1, -0.05) is 30.3 Å². The normalized spacial score (nSPS) is 12.2. The number of carboxylic acid groups (broad SMARTS) is 1. The van der Waals surface area contributed by atoms with E-state index in [0.29, 0.717) is 11.6 Å². The molecule has 5 rings (SSSR count). The molecular formula is C24H20N2O6S. The fraction of sp³-hybridized carbons (Fsp3) is 0.0833. The number of carbonyl (C=O) groups is 1. The van der Waals surface area contributed by atoms with Crippen LogP contribution in [0.4, 0.5) is 5.82 Å². The van der Waals surface area contributed by atoms with Gasteiger partial charge in [-0.05, 0) is 52.4 Å². The quantitative estimate of drug-likeness (QED) is 0.436. The Hall–Kier alpha value is -4.11. The largest absolute Gasteiger partial charge is 0.483 e. The summed E-state index contributed by atoms with van der Waals surface area (Å²) in [6.45, 7) is -0.0245. The number of pyridine rings is 1. The van der Waals surface area contributed by atoms with E-state index in [1.807, 2.05) is 42.5 Å². The molecule has 0 spiro atoms. The average Bonchev–Trinajstić information content (AvgIpc) is 3.27. The standard InChI is InChI=1S/C23H18N2O4S.CH2O2/c1-30(26,27)17-4-2-3-16(9-17)20-12-25-23(24)19-10-14(5-7-18(19)20)15-6-8-21-22(11-15)29-13-28-21;2-1-3/h2-12H,13H2,1H3,(H2,24,25);1H,(H,2,3). The predicted molar refractivity (Wildman–Crippen MR) is 125 cm³/mol. The van der Waals surface area contributed by atoms with Crippen molar-refractivity contribution in [3.8, 4) is 33.8 Å². The van der Waals surface area contributed by atoms with Crippen LogP contribution in [0.1, 0.15) is 0 Å². The van der Waals surface area contributed by atoms with Gasteiger partial charge in [-0.15, -0.1) is 0 Å². The summed E-state index contributed by atoms with van der Waals surface area (Å²) >= 11 is 0. The number of hydrogen-bond acceptors (Lipinski definition) is 7. The van der Waals surface area contributed by atoms with Crippen molar-refractivity contribution in [3.05, 3.63) is 66.9 Å². The first-order valence-electron chi connectivity index (χ1n) is 9.78. The molecule has 3 N–H and O–H groups in total. The maximum absolute atomic E-state index is 12.0. The van der Waals surface area contributed by atoms with Crippen LogP contribution in [-0.4, -0.2) is 38.0 Å². The zero-order valence-corrected chi connectivity index (χ0v) is 18.4. The number of hydrogen-bond donors (Lipinski definition) is 2. The molecule has 1 aromatic heterocycles. The second-order valence-electron chi connectivity index (χ2n) is 7.29. The van der Waals surface area contributed by atoms with Crippen LogP contribution in [0, 0.1) is 0 Å². The smallest absolute Gasteiger partial charge is 0.290 e. The van der Waals surface area contributed by atoms with Crippen molar-refractivity contribution >= 4 is 32.9 Å². The maximum Gasteiger partial charge on any atom is 0.290 e. The highest BCUT2D eigenvalue weighted by Gasteiger charge is 2.16. The number of aromatic nitrogens is 1. The lowest BCUT2D eigenvalue weighted by Gasteiger charge is -2.12. The molecule has 0 atom stereocenters. The fourth-order valence-corrected chi connectivity index (χ4v) is 4.31. The molecule has 1 aliphatic rings. The van der Waals surface area contributed by atoms with Gasteiger partial charge in [0.05, 0.1) is 4.90 Å². The van der Waals surface area contributed by atoms with Crippen LogP contribution >= 0.6 is 0 Å². The number of sulfone groups is 1. The summed E-state index contributed by atoms with van der Waals surface area (Å²) in [6, 6.07) is 18.6. The Morgan fingerprint density at radius 1 is 0.939 bits per heavy atom. The summed E-state index contributed by atoms with van der Waals surface area (Å²) in [7, 11) is -3.31. The molecule has 0 bridgehead atoms. The minimum atomic E-state index is -3.31. The van der Waals surface area contributed by atoms with E-state index in [0.717, 1.165) is 38.8 Å². The summed E-state index contributed by atoms with van der Waals surface area (Å²) in [5.74, 6) is 1.86. The van der Waals surface area contributed by atoms with Gasteiger partial charge < -0.3 is 20.3 Å². The van der Waals surface area contributed by atoms with E-state index in [2.05, 4.69) is 4.98 Å². The van der Waals surface area contributed by atoms with Gasteiger partial charge in [-0.25, -0.2) is 13.4 Å². The van der Waals surface area contributed by atoms with E-state index in [-0.39, 0.29) is 18.2 Å². The SMILES string of the molecule is CS(=O)(=O)c1cccc(-c2cnc(N)c3cc(-c4ccc5c(c4)OCO5)ccc23)c1.O=CO. The highest BCUT2D eigenvalue weighted by Crippen LogP contribution is 2.38. The summed E-state index contributed by atoms with van der Waals surface area (Å²) in [6.07, 6.45) is 2.88. The number of anilines is 1. The van der Waals surface area contributed by atoms with Crippen LogP contribution in [0.3, 0.4) is 0 Å². The number of fused-ring (bicyclic) bond motifs is 2. The topological polar surface area (TPSA) is 129 Å². The third-order valence-electron chi connectivity index (χ3n) is 5.20. The van der Waals surface area contributed by atoms with Gasteiger partial charge in [0.15, 0.2) is 21.3 Å². The second kappa shape index (κ2) is 8.79. The lowest BCUT2D eigenvalue weighted by molar-refractivity contribution is -0.122. The monoisotopic (exact) mass is 464 g/mol. The maximum atomic E-state index is 12.0. The lowest BCUT2D eigenvalue weighted by atomic mass is 9.96. The molecular weight excluding hydrogens is 444 g/mol. The van der Waals surface area contributed by atoms with Crippen molar-refractivity contribution in [1.29, 1.82) is 0 Å². The van der Waals surface area contributed by atoms with Crippen LogP contribution in [0.15, 0.2) is 71.8 Å². The van der Waals surface area contributed by atoms with Gasteiger partial charge in [-0.2, -0.15) is 0 Å². The van der Waals surface area contributed by atoms with E-state index in [9.17, 15) is 8.42 Å². The van der Waals surface area contributed by atoms with E-state index in [4.69, 9.17) is 25.1 Å². The number of benzene rings is 3. The predicted octanol–water partition coefficient (Wildman–Crippen LogP) is 3.98. The van der Waals surface area contributed by atoms with Crippen molar-refractivity contribution in [2.45, 2.75) is 4.90 Å². The van der Waals surface area contributed by atoms with E-state index >= 15 is 0 Å². The van der Waals surface area contributed by atoms with Gasteiger partial charge in [-0.3, -0.25) is 4.79 Å². The van der Waals surface area contributed by atoms with Crippen LogP contribution in [0.5, 0.6) is 11.5 Å². The fourth-order valence-electron chi connectivity index (χ4n) is 3.64.